The van der Waals surface area contributed by atoms with Crippen LogP contribution in [0.15, 0.2) is 83.5 Å². The summed E-state index contributed by atoms with van der Waals surface area (Å²) in [6, 6.07) is 29.2. The minimum atomic E-state index is -1.37. The van der Waals surface area contributed by atoms with Crippen molar-refractivity contribution < 1.29 is 24.5 Å². The second-order valence-electron chi connectivity index (χ2n) is 15.0. The Bertz CT molecular complexity index is 1950. The largest absolute Gasteiger partial charge is 0.486 e. The number of hydrogen-bond donors (Lipinski definition) is 0. The van der Waals surface area contributed by atoms with E-state index in [-0.39, 0.29) is 25.5 Å². The van der Waals surface area contributed by atoms with Crippen molar-refractivity contribution in [2.24, 2.45) is 11.3 Å². The van der Waals surface area contributed by atoms with Gasteiger partial charge in [-0.1, -0.05) is 95.4 Å². The number of aryl methyl sites for hydroxylation is 1. The van der Waals surface area contributed by atoms with Gasteiger partial charge in [0.25, 0.3) is 0 Å². The van der Waals surface area contributed by atoms with Crippen molar-refractivity contribution in [1.29, 1.82) is 0 Å². The van der Waals surface area contributed by atoms with Crippen molar-refractivity contribution in [3.05, 3.63) is 108 Å². The van der Waals surface area contributed by atoms with E-state index in [2.05, 4.69) is 120 Å². The van der Waals surface area contributed by atoms with Gasteiger partial charge in [0.05, 0.1) is 13.7 Å². The molecule has 2 aromatic carbocycles. The van der Waals surface area contributed by atoms with Crippen molar-refractivity contribution in [2.45, 2.75) is 80.4 Å². The zero-order valence-corrected chi connectivity index (χ0v) is 32.8. The van der Waals surface area contributed by atoms with Crippen LogP contribution in [0.1, 0.15) is 64.3 Å². The van der Waals surface area contributed by atoms with Crippen molar-refractivity contribution in [2.75, 3.05) is 0 Å². The molecule has 47 heavy (non-hydrogen) atoms. The van der Waals surface area contributed by atoms with Crippen LogP contribution in [0.25, 0.3) is 44.6 Å². The molecule has 0 aliphatic rings. The predicted octanol–water partition coefficient (Wildman–Crippen LogP) is 10.6. The number of fused-ring (bicyclic) bond motifs is 3. The molecule has 0 saturated heterocycles. The maximum Gasteiger partial charge on any atom is 0.216 e. The van der Waals surface area contributed by atoms with Gasteiger partial charge >= 0.3 is 0 Å². The number of rotatable bonds is 6. The van der Waals surface area contributed by atoms with Gasteiger partial charge in [-0.3, -0.25) is 0 Å². The molecule has 0 saturated carbocycles. The Morgan fingerprint density at radius 3 is 2.28 bits per heavy atom. The first kappa shape index (κ1) is 36.4. The molecule has 4 nitrogen and oxygen atoms in total. The molecule has 1 radical (unpaired) electrons. The summed E-state index contributed by atoms with van der Waals surface area (Å²) in [7, 11) is -1.37. The summed E-state index contributed by atoms with van der Waals surface area (Å²) in [5.74, 6) is 1.05. The van der Waals surface area contributed by atoms with Crippen molar-refractivity contribution >= 4 is 35.3 Å². The average molecular weight is 818 g/mol. The standard InChI is InChI=1S/C22H21N2O.C19H26NSi.Ir/c1-13(2)15(4)16-10-11-23-20(12-16)19-7-5-6-17-18-9-8-14(3)24-22(18)25-21(17)19;1-19(2,3)13-16-12-17(15-10-8-7-9-11-15)20-14-18(16)21(4,5)6;/h5-6,8-13,15H,1-4H3;7-10,12,14H,13H2,1-6H3;/q2*-1;. The van der Waals surface area contributed by atoms with E-state index in [0.29, 0.717) is 17.5 Å². The summed E-state index contributed by atoms with van der Waals surface area (Å²) in [6.45, 7) is 22.8. The summed E-state index contributed by atoms with van der Waals surface area (Å²) in [5.41, 5.74) is 9.36. The summed E-state index contributed by atoms with van der Waals surface area (Å²) < 4.78 is 6.08. The molecule has 1 unspecified atom stereocenters. The molecule has 0 aliphatic carbocycles. The summed E-state index contributed by atoms with van der Waals surface area (Å²) in [6.07, 6.45) is 5.08. The van der Waals surface area contributed by atoms with Gasteiger partial charge < -0.3 is 14.4 Å². The summed E-state index contributed by atoms with van der Waals surface area (Å²) in [5, 5.41) is 3.57. The fraction of sp³-hybridized carbons (Fsp3) is 0.341. The van der Waals surface area contributed by atoms with Gasteiger partial charge in [-0.05, 0) is 65.4 Å². The first-order valence-electron chi connectivity index (χ1n) is 16.3. The molecular weight excluding hydrogens is 771 g/mol. The molecule has 247 valence electrons. The Balaban J connectivity index is 0.000000212. The van der Waals surface area contributed by atoms with E-state index < -0.39 is 8.07 Å². The third kappa shape index (κ3) is 8.73. The predicted molar refractivity (Wildman–Crippen MR) is 196 cm³/mol. The second-order valence-corrected chi connectivity index (χ2v) is 20.0. The SMILES string of the molecule is CC(C)(C)Cc1cc(-c2[c-]cccc2)ncc1[Si](C)(C)C.Cc1ccc2c(n1)oc1c(-c3cc(C(C)C(C)C)ccn3)[c-]ccc12.[Ir]. The van der Waals surface area contributed by atoms with Crippen LogP contribution < -0.4 is 5.19 Å². The molecule has 0 aliphatic heterocycles. The van der Waals surface area contributed by atoms with E-state index in [1.54, 1.807) is 0 Å². The van der Waals surface area contributed by atoms with Gasteiger partial charge in [-0.15, -0.1) is 54.1 Å². The molecule has 0 bridgehead atoms. The minimum Gasteiger partial charge on any atom is -0.486 e. The monoisotopic (exact) mass is 818 g/mol. The third-order valence-electron chi connectivity index (χ3n) is 8.51. The van der Waals surface area contributed by atoms with E-state index in [9.17, 15) is 0 Å². The number of pyridine rings is 3. The fourth-order valence-corrected chi connectivity index (χ4v) is 7.32. The zero-order valence-electron chi connectivity index (χ0n) is 29.5. The van der Waals surface area contributed by atoms with Gasteiger partial charge in [0.15, 0.2) is 0 Å². The molecular formula is C41H47IrN3OSi-2. The average Bonchev–Trinajstić information content (AvgIpc) is 3.38. The van der Waals surface area contributed by atoms with Crippen LogP contribution in [0.2, 0.25) is 19.6 Å². The van der Waals surface area contributed by atoms with Gasteiger partial charge in [0.1, 0.15) is 0 Å². The van der Waals surface area contributed by atoms with Crippen LogP contribution in [0.4, 0.5) is 0 Å². The van der Waals surface area contributed by atoms with Crippen molar-refractivity contribution in [3.8, 4) is 22.5 Å². The van der Waals surface area contributed by atoms with Crippen LogP contribution >= 0.6 is 0 Å². The fourth-order valence-electron chi connectivity index (χ4n) is 5.75. The Morgan fingerprint density at radius 2 is 1.62 bits per heavy atom. The third-order valence-corrected chi connectivity index (χ3v) is 10.6. The first-order valence-corrected chi connectivity index (χ1v) is 19.8. The molecule has 0 amide bonds. The number of benzene rings is 2. The summed E-state index contributed by atoms with van der Waals surface area (Å²) in [4.78, 5) is 13.8. The molecule has 0 fully saturated rings. The molecule has 6 aromatic rings. The molecule has 0 N–H and O–H groups in total. The number of nitrogens with zero attached hydrogens (tertiary/aromatic N) is 3. The minimum absolute atomic E-state index is 0. The molecule has 4 heterocycles. The van der Waals surface area contributed by atoms with Gasteiger partial charge in [-0.2, -0.15) is 0 Å². The smallest absolute Gasteiger partial charge is 0.216 e. The normalized spacial score (nSPS) is 12.5. The Morgan fingerprint density at radius 1 is 0.851 bits per heavy atom. The molecule has 0 spiro atoms. The van der Waals surface area contributed by atoms with Crippen LogP contribution in [0, 0.1) is 30.4 Å². The van der Waals surface area contributed by atoms with Gasteiger partial charge in [0, 0.05) is 43.6 Å². The first-order chi connectivity index (χ1) is 21.7. The van der Waals surface area contributed by atoms with E-state index in [1.807, 2.05) is 49.5 Å². The molecule has 6 rings (SSSR count). The second kappa shape index (κ2) is 14.8. The van der Waals surface area contributed by atoms with Crippen molar-refractivity contribution in [3.63, 3.8) is 0 Å². The summed E-state index contributed by atoms with van der Waals surface area (Å²) >= 11 is 0. The topological polar surface area (TPSA) is 51.8 Å². The molecule has 1 atom stereocenters. The maximum atomic E-state index is 6.08. The molecule has 6 heteroatoms. The van der Waals surface area contributed by atoms with Gasteiger partial charge in [0.2, 0.25) is 5.71 Å². The Kier molecular flexibility index (Phi) is 11.4. The van der Waals surface area contributed by atoms with Gasteiger partial charge in [-0.25, -0.2) is 4.98 Å². The van der Waals surface area contributed by atoms with E-state index in [1.165, 1.54) is 16.3 Å². The van der Waals surface area contributed by atoms with E-state index in [0.717, 1.165) is 51.0 Å². The zero-order chi connectivity index (χ0) is 33.2. The number of hydrogen-bond acceptors (Lipinski definition) is 4. The van der Waals surface area contributed by atoms with Crippen LogP contribution in [-0.2, 0) is 26.5 Å². The number of aromatic nitrogens is 3. The quantitative estimate of drug-likeness (QED) is 0.124. The van der Waals surface area contributed by atoms with E-state index in [4.69, 9.17) is 9.40 Å². The van der Waals surface area contributed by atoms with Crippen LogP contribution in [-0.4, -0.2) is 23.0 Å². The van der Waals surface area contributed by atoms with E-state index >= 15 is 0 Å². The molecule has 4 aromatic heterocycles. The van der Waals surface area contributed by atoms with Crippen molar-refractivity contribution in [1.82, 2.24) is 15.0 Å². The Hall–Kier alpha value is -3.44. The Labute approximate surface area is 295 Å². The number of furan rings is 1. The van der Waals surface area contributed by atoms with Crippen LogP contribution in [0.3, 0.4) is 0 Å². The van der Waals surface area contributed by atoms with Crippen LogP contribution in [0.5, 0.6) is 0 Å². The maximum absolute atomic E-state index is 6.08.